The van der Waals surface area contributed by atoms with Gasteiger partial charge in [0.15, 0.2) is 4.96 Å². The summed E-state index contributed by atoms with van der Waals surface area (Å²) < 4.78 is 2.07. The van der Waals surface area contributed by atoms with Gasteiger partial charge in [-0.25, -0.2) is 4.98 Å². The highest BCUT2D eigenvalue weighted by atomic mass is 32.1. The Morgan fingerprint density at radius 3 is 2.96 bits per heavy atom. The molecule has 1 fully saturated rings. The maximum atomic E-state index is 12.6. The first-order chi connectivity index (χ1) is 11.7. The van der Waals surface area contributed by atoms with Crippen LogP contribution in [0.1, 0.15) is 25.5 Å². The Hall–Kier alpha value is -2.14. The van der Waals surface area contributed by atoms with Crippen LogP contribution in [0.2, 0.25) is 0 Å². The maximum Gasteiger partial charge on any atom is 0.228 e. The molecule has 3 heterocycles. The Kier molecular flexibility index (Phi) is 4.10. The van der Waals surface area contributed by atoms with E-state index in [4.69, 9.17) is 4.98 Å². The molecule has 0 spiro atoms. The molecule has 0 aliphatic carbocycles. The topological polar surface area (TPSA) is 37.6 Å². The van der Waals surface area contributed by atoms with Crippen molar-refractivity contribution in [3.8, 4) is 11.3 Å². The van der Waals surface area contributed by atoms with E-state index in [2.05, 4.69) is 28.8 Å². The lowest BCUT2D eigenvalue weighted by Crippen LogP contribution is -2.40. The lowest BCUT2D eigenvalue weighted by Gasteiger charge is -2.30. The Morgan fingerprint density at radius 2 is 2.17 bits per heavy atom. The number of likely N-dealkylation sites (tertiary alicyclic amines) is 1. The first-order valence-corrected chi connectivity index (χ1v) is 9.37. The van der Waals surface area contributed by atoms with E-state index in [1.807, 2.05) is 29.3 Å². The van der Waals surface area contributed by atoms with Gasteiger partial charge in [0.25, 0.3) is 0 Å². The second kappa shape index (κ2) is 6.40. The number of thiazole rings is 1. The molecule has 3 aromatic rings. The predicted octanol–water partition coefficient (Wildman–Crippen LogP) is 3.86. The molecular formula is C19H21N3OS. The molecule has 4 rings (SSSR count). The molecule has 1 amide bonds. The summed E-state index contributed by atoms with van der Waals surface area (Å²) in [7, 11) is 0. The lowest BCUT2D eigenvalue weighted by atomic mass is 10.00. The average molecular weight is 339 g/mol. The molecule has 2 aromatic heterocycles. The Morgan fingerprint density at radius 1 is 1.33 bits per heavy atom. The minimum Gasteiger partial charge on any atom is -0.342 e. The number of nitrogens with zero attached hydrogens (tertiary/aromatic N) is 3. The van der Waals surface area contributed by atoms with Gasteiger partial charge >= 0.3 is 0 Å². The fraction of sp³-hybridized carbons (Fsp3) is 0.368. The number of piperidine rings is 1. The van der Waals surface area contributed by atoms with Crippen molar-refractivity contribution >= 4 is 22.2 Å². The van der Waals surface area contributed by atoms with Gasteiger partial charge in [0.1, 0.15) is 0 Å². The van der Waals surface area contributed by atoms with Crippen molar-refractivity contribution in [2.45, 2.75) is 26.2 Å². The summed E-state index contributed by atoms with van der Waals surface area (Å²) >= 11 is 1.60. The van der Waals surface area contributed by atoms with Crippen LogP contribution in [0.15, 0.2) is 41.9 Å². The van der Waals surface area contributed by atoms with E-state index in [0.717, 1.165) is 41.4 Å². The number of amides is 1. The van der Waals surface area contributed by atoms with Crippen LogP contribution in [0.3, 0.4) is 0 Å². The van der Waals surface area contributed by atoms with E-state index in [9.17, 15) is 4.79 Å². The van der Waals surface area contributed by atoms with Crippen LogP contribution >= 0.6 is 11.3 Å². The van der Waals surface area contributed by atoms with Crippen molar-refractivity contribution in [2.75, 3.05) is 13.1 Å². The van der Waals surface area contributed by atoms with Crippen LogP contribution in [0.5, 0.6) is 0 Å². The molecule has 0 bridgehead atoms. The number of carbonyl (C=O) groups is 1. The average Bonchev–Trinajstić information content (AvgIpc) is 3.18. The normalized spacial score (nSPS) is 18.2. The minimum atomic E-state index is 0.233. The molecular weight excluding hydrogens is 318 g/mol. The number of imidazole rings is 1. The number of hydrogen-bond donors (Lipinski definition) is 0. The smallest absolute Gasteiger partial charge is 0.228 e. The van der Waals surface area contributed by atoms with Gasteiger partial charge in [-0.1, -0.05) is 37.3 Å². The molecule has 1 atom stereocenters. The van der Waals surface area contributed by atoms with Gasteiger partial charge in [0.05, 0.1) is 12.1 Å². The van der Waals surface area contributed by atoms with Gasteiger partial charge in [0.2, 0.25) is 5.91 Å². The molecule has 124 valence electrons. The summed E-state index contributed by atoms with van der Waals surface area (Å²) in [5.74, 6) is 0.847. The van der Waals surface area contributed by atoms with Gasteiger partial charge < -0.3 is 4.90 Å². The first kappa shape index (κ1) is 15.4. The van der Waals surface area contributed by atoms with Crippen molar-refractivity contribution in [3.63, 3.8) is 0 Å². The number of benzene rings is 1. The van der Waals surface area contributed by atoms with Gasteiger partial charge in [-0.2, -0.15) is 0 Å². The van der Waals surface area contributed by atoms with Gasteiger partial charge in [-0.05, 0) is 18.8 Å². The second-order valence-electron chi connectivity index (χ2n) is 6.64. The number of fused-ring (bicyclic) bond motifs is 1. The number of rotatable bonds is 3. The van der Waals surface area contributed by atoms with Crippen molar-refractivity contribution in [1.82, 2.24) is 14.3 Å². The van der Waals surface area contributed by atoms with E-state index in [0.29, 0.717) is 12.3 Å². The van der Waals surface area contributed by atoms with Crippen LogP contribution in [0.25, 0.3) is 16.2 Å². The molecule has 0 radical (unpaired) electrons. The van der Waals surface area contributed by atoms with Gasteiger partial charge in [-0.15, -0.1) is 11.3 Å². The van der Waals surface area contributed by atoms with E-state index < -0.39 is 0 Å². The standard InChI is InChI=1S/C19H21N3OS/c1-14-6-5-9-21(11-14)18(23)10-16-13-24-19-20-17(12-22(16)19)15-7-3-2-4-8-15/h2-4,7-8,12-14H,5-6,9-11H2,1H3. The monoisotopic (exact) mass is 339 g/mol. The maximum absolute atomic E-state index is 12.6. The highest BCUT2D eigenvalue weighted by Gasteiger charge is 2.22. The molecule has 0 N–H and O–H groups in total. The van der Waals surface area contributed by atoms with Crippen LogP contribution in [0, 0.1) is 5.92 Å². The molecule has 1 unspecified atom stereocenters. The summed E-state index contributed by atoms with van der Waals surface area (Å²) in [6, 6.07) is 10.2. The van der Waals surface area contributed by atoms with Gasteiger partial charge in [0, 0.05) is 35.9 Å². The summed E-state index contributed by atoms with van der Waals surface area (Å²) in [6.45, 7) is 4.02. The summed E-state index contributed by atoms with van der Waals surface area (Å²) in [5, 5.41) is 2.06. The summed E-state index contributed by atoms with van der Waals surface area (Å²) in [6.07, 6.45) is 4.85. The predicted molar refractivity (Wildman–Crippen MR) is 97.2 cm³/mol. The Bertz CT molecular complexity index is 852. The zero-order valence-corrected chi connectivity index (χ0v) is 14.6. The van der Waals surface area contributed by atoms with E-state index >= 15 is 0 Å². The summed E-state index contributed by atoms with van der Waals surface area (Å²) in [4.78, 5) is 20.3. The third-order valence-electron chi connectivity index (χ3n) is 4.69. The third kappa shape index (κ3) is 2.96. The molecule has 1 aliphatic rings. The zero-order valence-electron chi connectivity index (χ0n) is 13.8. The highest BCUT2D eigenvalue weighted by molar-refractivity contribution is 7.15. The SMILES string of the molecule is CC1CCCN(C(=O)Cc2csc3nc(-c4ccccc4)cn23)C1. The Balaban J connectivity index is 1.56. The fourth-order valence-electron chi connectivity index (χ4n) is 3.39. The van der Waals surface area contributed by atoms with E-state index in [1.165, 1.54) is 6.42 Å². The van der Waals surface area contributed by atoms with Crippen LogP contribution < -0.4 is 0 Å². The molecule has 5 heteroatoms. The number of aromatic nitrogens is 2. The minimum absolute atomic E-state index is 0.233. The number of hydrogen-bond acceptors (Lipinski definition) is 3. The first-order valence-electron chi connectivity index (χ1n) is 8.49. The quantitative estimate of drug-likeness (QED) is 0.726. The third-order valence-corrected chi connectivity index (χ3v) is 5.58. The van der Waals surface area contributed by atoms with Crippen LogP contribution in [-0.2, 0) is 11.2 Å². The highest BCUT2D eigenvalue weighted by Crippen LogP contribution is 2.24. The zero-order chi connectivity index (χ0) is 16.5. The van der Waals surface area contributed by atoms with Crippen molar-refractivity contribution in [1.29, 1.82) is 0 Å². The molecule has 1 aromatic carbocycles. The van der Waals surface area contributed by atoms with Crippen LogP contribution in [-0.4, -0.2) is 33.3 Å². The van der Waals surface area contributed by atoms with Crippen molar-refractivity contribution in [2.24, 2.45) is 5.92 Å². The van der Waals surface area contributed by atoms with Crippen molar-refractivity contribution in [3.05, 3.63) is 47.6 Å². The molecule has 24 heavy (non-hydrogen) atoms. The molecule has 0 saturated carbocycles. The van der Waals surface area contributed by atoms with E-state index in [1.54, 1.807) is 11.3 Å². The van der Waals surface area contributed by atoms with Gasteiger partial charge in [-0.3, -0.25) is 9.20 Å². The summed E-state index contributed by atoms with van der Waals surface area (Å²) in [5.41, 5.74) is 3.10. The largest absolute Gasteiger partial charge is 0.342 e. The second-order valence-corrected chi connectivity index (χ2v) is 7.47. The molecule has 1 aliphatic heterocycles. The molecule has 1 saturated heterocycles. The fourth-order valence-corrected chi connectivity index (χ4v) is 4.26. The van der Waals surface area contributed by atoms with Crippen molar-refractivity contribution < 1.29 is 4.79 Å². The van der Waals surface area contributed by atoms with E-state index in [-0.39, 0.29) is 5.91 Å². The number of carbonyl (C=O) groups excluding carboxylic acids is 1. The van der Waals surface area contributed by atoms with Crippen LogP contribution in [0.4, 0.5) is 0 Å². The lowest BCUT2D eigenvalue weighted by molar-refractivity contribution is -0.132. The molecule has 4 nitrogen and oxygen atoms in total. The Labute approximate surface area is 145 Å².